The topological polar surface area (TPSA) is 81.1 Å². The van der Waals surface area contributed by atoms with Gasteiger partial charge in [0.05, 0.1) is 17.9 Å². The van der Waals surface area contributed by atoms with Gasteiger partial charge in [0.25, 0.3) is 5.56 Å². The van der Waals surface area contributed by atoms with E-state index in [1.165, 1.54) is 0 Å². The van der Waals surface area contributed by atoms with Crippen molar-refractivity contribution in [2.75, 3.05) is 6.61 Å². The molecule has 0 fully saturated rings. The fourth-order valence-electron chi connectivity index (χ4n) is 2.39. The number of hydrogen-bond acceptors (Lipinski definition) is 3. The number of nitrogens with zero attached hydrogens (tertiary/aromatic N) is 1. The van der Waals surface area contributed by atoms with Crippen molar-refractivity contribution in [3.63, 3.8) is 0 Å². The Bertz CT molecular complexity index is 735. The molecule has 5 nitrogen and oxygen atoms in total. The molecule has 0 aliphatic rings. The maximum absolute atomic E-state index is 12.5. The molecule has 2 rings (SSSR count). The largest absolute Gasteiger partial charge is 0.494 e. The molecule has 1 heterocycles. The van der Waals surface area contributed by atoms with E-state index >= 15 is 0 Å². The molecule has 3 N–H and O–H groups in total. The minimum absolute atomic E-state index is 0.204. The number of ether oxygens (including phenoxy) is 1. The van der Waals surface area contributed by atoms with Crippen molar-refractivity contribution < 1.29 is 4.74 Å². The highest BCUT2D eigenvalue weighted by Crippen LogP contribution is 2.23. The molecule has 0 saturated carbocycles. The van der Waals surface area contributed by atoms with Gasteiger partial charge in [-0.25, -0.2) is 0 Å². The van der Waals surface area contributed by atoms with Crippen LogP contribution in [-0.4, -0.2) is 17.0 Å². The molecule has 0 atom stereocenters. The van der Waals surface area contributed by atoms with Gasteiger partial charge in [-0.15, -0.1) is 0 Å². The first-order valence-electron chi connectivity index (χ1n) is 7.40. The molecule has 0 bridgehead atoms. The second-order valence-corrected chi connectivity index (χ2v) is 4.96. The molecule has 0 amide bonds. The van der Waals surface area contributed by atoms with Crippen molar-refractivity contribution in [1.29, 1.82) is 5.41 Å². The van der Waals surface area contributed by atoms with E-state index in [1.54, 1.807) is 10.6 Å². The first-order chi connectivity index (χ1) is 10.6. The third-order valence-electron chi connectivity index (χ3n) is 3.35. The van der Waals surface area contributed by atoms with Crippen molar-refractivity contribution in [3.05, 3.63) is 52.3 Å². The van der Waals surface area contributed by atoms with Crippen LogP contribution in [0.2, 0.25) is 0 Å². The third-order valence-corrected chi connectivity index (χ3v) is 3.35. The van der Waals surface area contributed by atoms with E-state index in [1.807, 2.05) is 44.2 Å². The number of benzene rings is 1. The van der Waals surface area contributed by atoms with E-state index in [0.717, 1.165) is 23.4 Å². The Morgan fingerprint density at radius 3 is 2.68 bits per heavy atom. The second kappa shape index (κ2) is 6.93. The van der Waals surface area contributed by atoms with Crippen molar-refractivity contribution >= 4 is 5.84 Å². The highest BCUT2D eigenvalue weighted by molar-refractivity contribution is 5.94. The van der Waals surface area contributed by atoms with Gasteiger partial charge in [0, 0.05) is 12.1 Å². The average Bonchev–Trinajstić information content (AvgIpc) is 2.49. The van der Waals surface area contributed by atoms with E-state index in [2.05, 4.69) is 0 Å². The fourth-order valence-corrected chi connectivity index (χ4v) is 2.39. The molecule has 22 heavy (non-hydrogen) atoms. The Labute approximate surface area is 129 Å². The third kappa shape index (κ3) is 3.19. The van der Waals surface area contributed by atoms with Crippen LogP contribution in [0, 0.1) is 5.41 Å². The van der Waals surface area contributed by atoms with E-state index in [-0.39, 0.29) is 17.0 Å². The van der Waals surface area contributed by atoms with E-state index in [4.69, 9.17) is 15.9 Å². The summed E-state index contributed by atoms with van der Waals surface area (Å²) in [4.78, 5) is 12.5. The monoisotopic (exact) mass is 299 g/mol. The predicted molar refractivity (Wildman–Crippen MR) is 88.6 cm³/mol. The van der Waals surface area contributed by atoms with Crippen molar-refractivity contribution in [2.24, 2.45) is 5.73 Å². The SMILES string of the molecule is CCCn1c(-c2cccc(OCC)c2)ccc(C(=N)N)c1=O. The molecule has 0 aliphatic heterocycles. The average molecular weight is 299 g/mol. The minimum Gasteiger partial charge on any atom is -0.494 e. The Balaban J connectivity index is 2.59. The number of pyridine rings is 1. The van der Waals surface area contributed by atoms with Crippen LogP contribution in [0.15, 0.2) is 41.2 Å². The zero-order chi connectivity index (χ0) is 16.1. The number of nitrogen functional groups attached to an aromatic ring is 1. The van der Waals surface area contributed by atoms with E-state index in [9.17, 15) is 4.79 Å². The summed E-state index contributed by atoms with van der Waals surface area (Å²) in [6, 6.07) is 11.1. The lowest BCUT2D eigenvalue weighted by Gasteiger charge is -2.14. The summed E-state index contributed by atoms with van der Waals surface area (Å²) in [5.41, 5.74) is 7.20. The van der Waals surface area contributed by atoms with Crippen molar-refractivity contribution in [3.8, 4) is 17.0 Å². The van der Waals surface area contributed by atoms with Gasteiger partial charge in [0.15, 0.2) is 0 Å². The molecule has 0 aliphatic carbocycles. The Morgan fingerprint density at radius 1 is 1.27 bits per heavy atom. The lowest BCUT2D eigenvalue weighted by atomic mass is 10.1. The smallest absolute Gasteiger partial charge is 0.262 e. The van der Waals surface area contributed by atoms with Gasteiger partial charge in [0.1, 0.15) is 11.6 Å². The standard InChI is InChI=1S/C17H21N3O2/c1-3-10-20-15(9-8-14(16(18)19)17(20)21)12-6-5-7-13(11-12)22-4-2/h5-9,11H,3-4,10H2,1-2H3,(H3,18,19). The van der Waals surface area contributed by atoms with Gasteiger partial charge in [-0.1, -0.05) is 19.1 Å². The Morgan fingerprint density at radius 2 is 2.05 bits per heavy atom. The molecule has 116 valence electrons. The summed E-state index contributed by atoms with van der Waals surface area (Å²) in [6.45, 7) is 5.11. The molecule has 0 spiro atoms. The molecule has 1 aromatic carbocycles. The van der Waals surface area contributed by atoms with Gasteiger partial charge in [-0.3, -0.25) is 10.2 Å². The maximum atomic E-state index is 12.5. The number of rotatable bonds is 6. The summed E-state index contributed by atoms with van der Waals surface area (Å²) in [5, 5.41) is 7.51. The van der Waals surface area contributed by atoms with Crippen LogP contribution in [0.1, 0.15) is 25.8 Å². The number of nitrogens with one attached hydrogen (secondary N) is 1. The van der Waals surface area contributed by atoms with Gasteiger partial charge in [-0.05, 0) is 37.6 Å². The predicted octanol–water partition coefficient (Wildman–Crippen LogP) is 2.61. The van der Waals surface area contributed by atoms with Gasteiger partial charge in [-0.2, -0.15) is 0 Å². The van der Waals surface area contributed by atoms with Crippen LogP contribution < -0.4 is 16.0 Å². The first-order valence-corrected chi connectivity index (χ1v) is 7.40. The second-order valence-electron chi connectivity index (χ2n) is 4.96. The summed E-state index contributed by atoms with van der Waals surface area (Å²) >= 11 is 0. The number of amidine groups is 1. The Kier molecular flexibility index (Phi) is 4.99. The molecule has 1 aromatic heterocycles. The van der Waals surface area contributed by atoms with Gasteiger partial charge >= 0.3 is 0 Å². The van der Waals surface area contributed by atoms with Gasteiger partial charge in [0.2, 0.25) is 0 Å². The van der Waals surface area contributed by atoms with Crippen LogP contribution in [0.3, 0.4) is 0 Å². The zero-order valence-corrected chi connectivity index (χ0v) is 12.9. The van der Waals surface area contributed by atoms with Crippen LogP contribution in [-0.2, 0) is 6.54 Å². The number of hydrogen-bond donors (Lipinski definition) is 2. The summed E-state index contributed by atoms with van der Waals surface area (Å²) in [7, 11) is 0. The molecule has 5 heteroatoms. The fraction of sp³-hybridized carbons (Fsp3) is 0.294. The van der Waals surface area contributed by atoms with Crippen molar-refractivity contribution in [2.45, 2.75) is 26.8 Å². The highest BCUT2D eigenvalue weighted by atomic mass is 16.5. The van der Waals surface area contributed by atoms with Crippen LogP contribution >= 0.6 is 0 Å². The van der Waals surface area contributed by atoms with Crippen LogP contribution in [0.4, 0.5) is 0 Å². The van der Waals surface area contributed by atoms with E-state index < -0.39 is 0 Å². The molecule has 0 unspecified atom stereocenters. The summed E-state index contributed by atoms with van der Waals surface area (Å²) in [5.74, 6) is 0.565. The summed E-state index contributed by atoms with van der Waals surface area (Å²) < 4.78 is 7.19. The lowest BCUT2D eigenvalue weighted by molar-refractivity contribution is 0.340. The molecular weight excluding hydrogens is 278 g/mol. The van der Waals surface area contributed by atoms with Crippen molar-refractivity contribution in [1.82, 2.24) is 4.57 Å². The normalized spacial score (nSPS) is 10.5. The highest BCUT2D eigenvalue weighted by Gasteiger charge is 2.12. The number of nitrogens with two attached hydrogens (primary N) is 1. The summed E-state index contributed by atoms with van der Waals surface area (Å²) in [6.07, 6.45) is 0.819. The Hall–Kier alpha value is -2.56. The first kappa shape index (κ1) is 15.8. The zero-order valence-electron chi connectivity index (χ0n) is 12.9. The maximum Gasteiger partial charge on any atom is 0.262 e. The lowest BCUT2D eigenvalue weighted by Crippen LogP contribution is -2.30. The molecule has 2 aromatic rings. The minimum atomic E-state index is -0.228. The number of aromatic nitrogens is 1. The van der Waals surface area contributed by atoms with Crippen LogP contribution in [0.25, 0.3) is 11.3 Å². The van der Waals surface area contributed by atoms with Gasteiger partial charge < -0.3 is 15.0 Å². The molecule has 0 saturated heterocycles. The molecule has 0 radical (unpaired) electrons. The van der Waals surface area contributed by atoms with E-state index in [0.29, 0.717) is 13.2 Å². The molecular formula is C17H21N3O2. The van der Waals surface area contributed by atoms with Crippen LogP contribution in [0.5, 0.6) is 5.75 Å². The quantitative estimate of drug-likeness (QED) is 0.635.